The third-order valence-corrected chi connectivity index (χ3v) is 4.50. The maximum Gasteiger partial charge on any atom is 0.410 e. The summed E-state index contributed by atoms with van der Waals surface area (Å²) in [5.74, 6) is -1.49. The first kappa shape index (κ1) is 20.3. The predicted octanol–water partition coefficient (Wildman–Crippen LogP) is 2.35. The van der Waals surface area contributed by atoms with Crippen LogP contribution in [-0.4, -0.2) is 64.2 Å². The number of piperazine rings is 1. The number of amides is 2. The highest BCUT2D eigenvalue weighted by Gasteiger charge is 2.38. The highest BCUT2D eigenvalue weighted by atomic mass is 16.6. The van der Waals surface area contributed by atoms with Crippen molar-refractivity contribution < 1.29 is 24.2 Å². The fourth-order valence-corrected chi connectivity index (χ4v) is 3.00. The third-order valence-electron chi connectivity index (χ3n) is 4.50. The van der Waals surface area contributed by atoms with Gasteiger partial charge in [-0.05, 0) is 26.2 Å². The Balaban J connectivity index is 2.73. The number of rotatable bonds is 7. The molecule has 2 amide bonds. The zero-order valence-corrected chi connectivity index (χ0v) is 15.4. The van der Waals surface area contributed by atoms with Crippen molar-refractivity contribution in [2.24, 2.45) is 5.92 Å². The molecule has 1 rings (SSSR count). The van der Waals surface area contributed by atoms with Crippen molar-refractivity contribution >= 4 is 18.0 Å². The van der Waals surface area contributed by atoms with Gasteiger partial charge in [0.2, 0.25) is 5.91 Å². The normalized spacial score (nSPS) is 18.3. The van der Waals surface area contributed by atoms with E-state index >= 15 is 0 Å². The van der Waals surface area contributed by atoms with E-state index in [1.54, 1.807) is 0 Å². The molecular weight excluding hydrogens is 312 g/mol. The lowest BCUT2D eigenvalue weighted by Crippen LogP contribution is -2.59. The average Bonchev–Trinajstić information content (AvgIpc) is 2.47. The van der Waals surface area contributed by atoms with Crippen LogP contribution < -0.4 is 0 Å². The summed E-state index contributed by atoms with van der Waals surface area (Å²) in [6, 6.07) is -0.850. The minimum atomic E-state index is -1.00. The second kappa shape index (κ2) is 8.35. The van der Waals surface area contributed by atoms with Gasteiger partial charge in [0.1, 0.15) is 18.2 Å². The van der Waals surface area contributed by atoms with E-state index in [0.29, 0.717) is 6.42 Å². The van der Waals surface area contributed by atoms with Crippen molar-refractivity contribution in [2.45, 2.75) is 65.5 Å². The summed E-state index contributed by atoms with van der Waals surface area (Å²) in [4.78, 5) is 38.9. The Labute approximate surface area is 143 Å². The van der Waals surface area contributed by atoms with Crippen LogP contribution in [0.2, 0.25) is 0 Å². The summed E-state index contributed by atoms with van der Waals surface area (Å²) in [5.41, 5.74) is -0.577. The van der Waals surface area contributed by atoms with E-state index in [9.17, 15) is 19.5 Å². The minimum absolute atomic E-state index is 0.138. The molecule has 0 aromatic rings. The topological polar surface area (TPSA) is 87.2 Å². The second-order valence-electron chi connectivity index (χ2n) is 7.05. The van der Waals surface area contributed by atoms with Crippen LogP contribution in [0.5, 0.6) is 0 Å². The van der Waals surface area contributed by atoms with Gasteiger partial charge in [-0.25, -0.2) is 9.59 Å². The Morgan fingerprint density at radius 1 is 1.29 bits per heavy atom. The molecule has 2 atom stereocenters. The van der Waals surface area contributed by atoms with Crippen LogP contribution in [0.3, 0.4) is 0 Å². The number of carboxylic acid groups (broad SMARTS) is 1. The first-order valence-corrected chi connectivity index (χ1v) is 8.63. The lowest BCUT2D eigenvalue weighted by atomic mass is 9.97. The summed E-state index contributed by atoms with van der Waals surface area (Å²) in [6.07, 6.45) is 1.78. The molecule has 138 valence electrons. The predicted molar refractivity (Wildman–Crippen MR) is 89.6 cm³/mol. The van der Waals surface area contributed by atoms with E-state index in [-0.39, 0.29) is 31.5 Å². The van der Waals surface area contributed by atoms with Crippen LogP contribution >= 0.6 is 0 Å². The van der Waals surface area contributed by atoms with Gasteiger partial charge in [-0.15, -0.1) is 0 Å². The summed E-state index contributed by atoms with van der Waals surface area (Å²) >= 11 is 0. The summed E-state index contributed by atoms with van der Waals surface area (Å²) < 4.78 is 5.48. The highest BCUT2D eigenvalue weighted by Crippen LogP contribution is 2.21. The Bertz CT molecular complexity index is 478. The molecule has 0 radical (unpaired) electrons. The first-order chi connectivity index (χ1) is 11.1. The average molecular weight is 342 g/mol. The highest BCUT2D eigenvalue weighted by molar-refractivity contribution is 5.88. The maximum atomic E-state index is 12.4. The molecule has 0 aromatic carbocycles. The molecule has 0 bridgehead atoms. The Morgan fingerprint density at radius 3 is 2.38 bits per heavy atom. The molecule has 7 heteroatoms. The molecule has 0 saturated carbocycles. The number of aliphatic carboxylic acids is 1. The van der Waals surface area contributed by atoms with Crippen molar-refractivity contribution in [3.8, 4) is 0 Å². The third kappa shape index (κ3) is 5.11. The first-order valence-electron chi connectivity index (χ1n) is 8.63. The number of hydrogen-bond acceptors (Lipinski definition) is 4. The van der Waals surface area contributed by atoms with Gasteiger partial charge in [0.05, 0.1) is 0 Å². The molecule has 0 aliphatic carbocycles. The standard InChI is InChI=1S/C17H30N2O5/c1-6-8-17(4,5)24-16(23)18-9-10-19(13(20)11-18)14(15(21)22)12(3)7-2/h12,14H,6-11H2,1-5H3,(H,21,22)/t12-,14-/m0/s1. The summed E-state index contributed by atoms with van der Waals surface area (Å²) in [6.45, 7) is 9.77. The molecule has 0 spiro atoms. The molecule has 0 unspecified atom stereocenters. The van der Waals surface area contributed by atoms with E-state index in [1.165, 1.54) is 9.80 Å². The number of carbonyl (C=O) groups excluding carboxylic acids is 2. The number of ether oxygens (including phenoxy) is 1. The van der Waals surface area contributed by atoms with Gasteiger partial charge in [-0.1, -0.05) is 33.6 Å². The quantitative estimate of drug-likeness (QED) is 0.767. The zero-order chi connectivity index (χ0) is 18.5. The zero-order valence-electron chi connectivity index (χ0n) is 15.4. The smallest absolute Gasteiger partial charge is 0.410 e. The van der Waals surface area contributed by atoms with E-state index in [0.717, 1.165) is 12.8 Å². The fourth-order valence-electron chi connectivity index (χ4n) is 3.00. The fraction of sp³-hybridized carbons (Fsp3) is 0.824. The monoisotopic (exact) mass is 342 g/mol. The van der Waals surface area contributed by atoms with Crippen molar-refractivity contribution in [3.63, 3.8) is 0 Å². The van der Waals surface area contributed by atoms with Crippen LogP contribution in [0.15, 0.2) is 0 Å². The van der Waals surface area contributed by atoms with Gasteiger partial charge in [-0.2, -0.15) is 0 Å². The molecule has 7 nitrogen and oxygen atoms in total. The Hall–Kier alpha value is -1.79. The van der Waals surface area contributed by atoms with Crippen molar-refractivity contribution in [1.29, 1.82) is 0 Å². The molecule has 1 aliphatic rings. The summed E-state index contributed by atoms with van der Waals surface area (Å²) in [7, 11) is 0. The number of nitrogens with zero attached hydrogens (tertiary/aromatic N) is 2. The van der Waals surface area contributed by atoms with E-state index < -0.39 is 23.7 Å². The lowest BCUT2D eigenvalue weighted by Gasteiger charge is -2.39. The minimum Gasteiger partial charge on any atom is -0.480 e. The Kier molecular flexibility index (Phi) is 7.05. The number of hydrogen-bond donors (Lipinski definition) is 1. The van der Waals surface area contributed by atoms with Gasteiger partial charge in [0.25, 0.3) is 0 Å². The molecule has 1 N–H and O–H groups in total. The van der Waals surface area contributed by atoms with Gasteiger partial charge in [0.15, 0.2) is 0 Å². The van der Waals surface area contributed by atoms with Crippen LogP contribution in [0.25, 0.3) is 0 Å². The van der Waals surface area contributed by atoms with E-state index in [2.05, 4.69) is 0 Å². The molecule has 1 fully saturated rings. The SMILES string of the molecule is CCCC(C)(C)OC(=O)N1CCN([C@H](C(=O)O)[C@@H](C)CC)C(=O)C1. The lowest BCUT2D eigenvalue weighted by molar-refractivity contribution is -0.155. The molecule has 1 saturated heterocycles. The molecule has 1 aliphatic heterocycles. The van der Waals surface area contributed by atoms with Gasteiger partial charge < -0.3 is 14.7 Å². The maximum absolute atomic E-state index is 12.4. The van der Waals surface area contributed by atoms with Gasteiger partial charge in [-0.3, -0.25) is 9.69 Å². The summed E-state index contributed by atoms with van der Waals surface area (Å²) in [5, 5.41) is 9.43. The van der Waals surface area contributed by atoms with Crippen molar-refractivity contribution in [3.05, 3.63) is 0 Å². The van der Waals surface area contributed by atoms with Crippen LogP contribution in [0, 0.1) is 5.92 Å². The molecule has 0 aromatic heterocycles. The van der Waals surface area contributed by atoms with E-state index in [4.69, 9.17) is 4.74 Å². The van der Waals surface area contributed by atoms with Crippen LogP contribution in [0.4, 0.5) is 4.79 Å². The van der Waals surface area contributed by atoms with Crippen LogP contribution in [0.1, 0.15) is 53.9 Å². The van der Waals surface area contributed by atoms with Gasteiger partial charge >= 0.3 is 12.1 Å². The van der Waals surface area contributed by atoms with Crippen molar-refractivity contribution in [2.75, 3.05) is 19.6 Å². The second-order valence-corrected chi connectivity index (χ2v) is 7.05. The number of carboxylic acids is 1. The van der Waals surface area contributed by atoms with E-state index in [1.807, 2.05) is 34.6 Å². The largest absolute Gasteiger partial charge is 0.480 e. The van der Waals surface area contributed by atoms with Crippen molar-refractivity contribution in [1.82, 2.24) is 9.80 Å². The molecular formula is C17H30N2O5. The Morgan fingerprint density at radius 2 is 1.92 bits per heavy atom. The molecule has 24 heavy (non-hydrogen) atoms. The van der Waals surface area contributed by atoms with Crippen LogP contribution in [-0.2, 0) is 14.3 Å². The number of carbonyl (C=O) groups is 3. The molecule has 1 heterocycles. The van der Waals surface area contributed by atoms with Gasteiger partial charge in [0, 0.05) is 13.1 Å².